The van der Waals surface area contributed by atoms with Crippen molar-refractivity contribution >= 4 is 11.7 Å². The summed E-state index contributed by atoms with van der Waals surface area (Å²) in [5.41, 5.74) is 0.658. The number of anilines is 1. The molecule has 0 fully saturated rings. The SMILES string of the molecule is CCCCC(C)(C)NC(=O)Nc1ccccc1. The van der Waals surface area contributed by atoms with Crippen molar-refractivity contribution in [3.63, 3.8) is 0 Å². The van der Waals surface area contributed by atoms with E-state index in [1.54, 1.807) is 0 Å². The highest BCUT2D eigenvalue weighted by Gasteiger charge is 2.19. The molecule has 2 amide bonds. The van der Waals surface area contributed by atoms with Gasteiger partial charge in [-0.15, -0.1) is 0 Å². The molecule has 3 nitrogen and oxygen atoms in total. The maximum atomic E-state index is 11.8. The van der Waals surface area contributed by atoms with Gasteiger partial charge >= 0.3 is 6.03 Å². The van der Waals surface area contributed by atoms with Gasteiger partial charge in [0.15, 0.2) is 0 Å². The fourth-order valence-corrected chi connectivity index (χ4v) is 1.67. The molecule has 0 saturated heterocycles. The van der Waals surface area contributed by atoms with Gasteiger partial charge in [0.05, 0.1) is 0 Å². The fraction of sp³-hybridized carbons (Fsp3) is 0.500. The summed E-state index contributed by atoms with van der Waals surface area (Å²) in [4.78, 5) is 11.8. The number of amides is 2. The topological polar surface area (TPSA) is 41.1 Å². The molecule has 1 rings (SSSR count). The Labute approximate surface area is 104 Å². The van der Waals surface area contributed by atoms with Crippen molar-refractivity contribution in [2.45, 2.75) is 45.6 Å². The number of hydrogen-bond donors (Lipinski definition) is 2. The molecule has 1 aromatic rings. The molecular formula is C14H22N2O. The van der Waals surface area contributed by atoms with Crippen LogP contribution in [0, 0.1) is 0 Å². The Bertz CT molecular complexity index is 346. The number of para-hydroxylation sites is 1. The predicted octanol–water partition coefficient (Wildman–Crippen LogP) is 3.78. The van der Waals surface area contributed by atoms with Gasteiger partial charge in [0.25, 0.3) is 0 Å². The van der Waals surface area contributed by atoms with Gasteiger partial charge in [-0.05, 0) is 32.4 Å². The van der Waals surface area contributed by atoms with Crippen LogP contribution in [0.25, 0.3) is 0 Å². The first kappa shape index (κ1) is 13.6. The van der Waals surface area contributed by atoms with E-state index in [0.29, 0.717) is 0 Å². The second-order valence-corrected chi connectivity index (χ2v) is 4.93. The molecule has 0 aliphatic rings. The highest BCUT2D eigenvalue weighted by Crippen LogP contribution is 2.13. The Balaban J connectivity index is 2.44. The number of benzene rings is 1. The Morgan fingerprint density at radius 3 is 2.47 bits per heavy atom. The van der Waals surface area contributed by atoms with Gasteiger partial charge in [-0.2, -0.15) is 0 Å². The number of carbonyl (C=O) groups is 1. The van der Waals surface area contributed by atoms with E-state index in [2.05, 4.69) is 17.6 Å². The molecule has 0 aliphatic carbocycles. The van der Waals surface area contributed by atoms with Gasteiger partial charge in [0, 0.05) is 11.2 Å². The van der Waals surface area contributed by atoms with Gasteiger partial charge in [-0.1, -0.05) is 38.0 Å². The van der Waals surface area contributed by atoms with Crippen LogP contribution in [0.5, 0.6) is 0 Å². The van der Waals surface area contributed by atoms with Gasteiger partial charge in [-0.3, -0.25) is 0 Å². The van der Waals surface area contributed by atoms with Gasteiger partial charge in [-0.25, -0.2) is 4.79 Å². The van der Waals surface area contributed by atoms with E-state index in [0.717, 1.165) is 24.9 Å². The fourth-order valence-electron chi connectivity index (χ4n) is 1.67. The third-order valence-electron chi connectivity index (χ3n) is 2.64. The van der Waals surface area contributed by atoms with Crippen molar-refractivity contribution in [2.24, 2.45) is 0 Å². The van der Waals surface area contributed by atoms with E-state index in [1.807, 2.05) is 44.2 Å². The highest BCUT2D eigenvalue weighted by molar-refractivity contribution is 5.89. The summed E-state index contributed by atoms with van der Waals surface area (Å²) in [7, 11) is 0. The van der Waals surface area contributed by atoms with Crippen LogP contribution in [0.4, 0.5) is 10.5 Å². The molecule has 0 unspecified atom stereocenters. The summed E-state index contributed by atoms with van der Waals surface area (Å²) in [5.74, 6) is 0. The van der Waals surface area contributed by atoms with E-state index in [4.69, 9.17) is 0 Å². The van der Waals surface area contributed by atoms with Crippen LogP contribution in [0.15, 0.2) is 30.3 Å². The van der Waals surface area contributed by atoms with Gasteiger partial charge < -0.3 is 10.6 Å². The number of unbranched alkanes of at least 4 members (excludes halogenated alkanes) is 1. The minimum absolute atomic E-state index is 0.141. The van der Waals surface area contributed by atoms with Crippen molar-refractivity contribution in [3.05, 3.63) is 30.3 Å². The summed E-state index contributed by atoms with van der Waals surface area (Å²) >= 11 is 0. The third kappa shape index (κ3) is 5.38. The number of hydrogen-bond acceptors (Lipinski definition) is 1. The first-order valence-corrected chi connectivity index (χ1v) is 6.18. The zero-order chi connectivity index (χ0) is 12.7. The normalized spacial score (nSPS) is 11.0. The molecule has 0 bridgehead atoms. The maximum absolute atomic E-state index is 11.8. The van der Waals surface area contributed by atoms with Gasteiger partial charge in [0.2, 0.25) is 0 Å². The molecule has 3 heteroatoms. The zero-order valence-corrected chi connectivity index (χ0v) is 10.9. The second-order valence-electron chi connectivity index (χ2n) is 4.93. The molecular weight excluding hydrogens is 212 g/mol. The van der Waals surface area contributed by atoms with E-state index in [-0.39, 0.29) is 11.6 Å². The standard InChI is InChI=1S/C14H22N2O/c1-4-5-11-14(2,3)16-13(17)15-12-9-7-6-8-10-12/h6-10H,4-5,11H2,1-3H3,(H2,15,16,17). The highest BCUT2D eigenvalue weighted by atomic mass is 16.2. The number of carbonyl (C=O) groups excluding carboxylic acids is 1. The van der Waals surface area contributed by atoms with Crippen LogP contribution in [0.1, 0.15) is 40.0 Å². The molecule has 2 N–H and O–H groups in total. The molecule has 0 spiro atoms. The molecule has 0 saturated carbocycles. The molecule has 0 heterocycles. The smallest absolute Gasteiger partial charge is 0.319 e. The van der Waals surface area contributed by atoms with E-state index in [1.165, 1.54) is 0 Å². The predicted molar refractivity (Wildman–Crippen MR) is 72.2 cm³/mol. The number of nitrogens with one attached hydrogen (secondary N) is 2. The van der Waals surface area contributed by atoms with Crippen LogP contribution >= 0.6 is 0 Å². The Morgan fingerprint density at radius 1 is 1.24 bits per heavy atom. The maximum Gasteiger partial charge on any atom is 0.319 e. The lowest BCUT2D eigenvalue weighted by Crippen LogP contribution is -2.45. The lowest BCUT2D eigenvalue weighted by atomic mass is 9.98. The molecule has 1 aromatic carbocycles. The molecule has 0 aromatic heterocycles. The summed E-state index contributed by atoms with van der Waals surface area (Å²) in [6, 6.07) is 9.33. The van der Waals surface area contributed by atoms with Crippen molar-refractivity contribution in [1.29, 1.82) is 0 Å². The van der Waals surface area contributed by atoms with E-state index >= 15 is 0 Å². The van der Waals surface area contributed by atoms with E-state index in [9.17, 15) is 4.79 Å². The van der Waals surface area contributed by atoms with E-state index < -0.39 is 0 Å². The average molecular weight is 234 g/mol. The summed E-state index contributed by atoms with van der Waals surface area (Å²) in [6.07, 6.45) is 3.26. The first-order valence-electron chi connectivity index (χ1n) is 6.18. The Hall–Kier alpha value is -1.51. The average Bonchev–Trinajstić information content (AvgIpc) is 2.27. The van der Waals surface area contributed by atoms with Crippen LogP contribution in [0.3, 0.4) is 0 Å². The quantitative estimate of drug-likeness (QED) is 0.799. The Morgan fingerprint density at radius 2 is 1.88 bits per heavy atom. The molecule has 0 aliphatic heterocycles. The minimum Gasteiger partial charge on any atom is -0.333 e. The van der Waals surface area contributed by atoms with Crippen molar-refractivity contribution < 1.29 is 4.79 Å². The van der Waals surface area contributed by atoms with Crippen LogP contribution in [0.2, 0.25) is 0 Å². The minimum atomic E-state index is -0.158. The first-order chi connectivity index (χ1) is 8.03. The largest absolute Gasteiger partial charge is 0.333 e. The van der Waals surface area contributed by atoms with Crippen molar-refractivity contribution in [2.75, 3.05) is 5.32 Å². The van der Waals surface area contributed by atoms with Gasteiger partial charge in [0.1, 0.15) is 0 Å². The monoisotopic (exact) mass is 234 g/mol. The van der Waals surface area contributed by atoms with Crippen molar-refractivity contribution in [3.8, 4) is 0 Å². The van der Waals surface area contributed by atoms with Crippen LogP contribution in [-0.2, 0) is 0 Å². The molecule has 0 radical (unpaired) electrons. The lowest BCUT2D eigenvalue weighted by molar-refractivity contribution is 0.239. The second kappa shape index (κ2) is 6.28. The number of urea groups is 1. The van der Waals surface area contributed by atoms with Crippen molar-refractivity contribution in [1.82, 2.24) is 5.32 Å². The summed E-state index contributed by atoms with van der Waals surface area (Å²) in [5, 5.41) is 5.81. The van der Waals surface area contributed by atoms with Crippen LogP contribution in [-0.4, -0.2) is 11.6 Å². The third-order valence-corrected chi connectivity index (χ3v) is 2.64. The molecule has 17 heavy (non-hydrogen) atoms. The van der Waals surface area contributed by atoms with Crippen LogP contribution < -0.4 is 10.6 Å². The summed E-state index contributed by atoms with van der Waals surface area (Å²) < 4.78 is 0. The molecule has 0 atom stereocenters. The molecule has 94 valence electrons. The Kier molecular flexibility index (Phi) is 5.01. The lowest BCUT2D eigenvalue weighted by Gasteiger charge is -2.26. The summed E-state index contributed by atoms with van der Waals surface area (Å²) in [6.45, 7) is 6.25. The zero-order valence-electron chi connectivity index (χ0n) is 10.9. The number of rotatable bonds is 5.